The third-order valence-electron chi connectivity index (χ3n) is 2.96. The molecule has 25 heavy (non-hydrogen) atoms. The van der Waals surface area contributed by atoms with E-state index >= 15 is 0 Å². The molecule has 0 unspecified atom stereocenters. The number of allylic oxidation sites excluding steroid dienone is 3. The average molecular weight is 346 g/mol. The van der Waals surface area contributed by atoms with E-state index in [-0.39, 0.29) is 16.8 Å². The van der Waals surface area contributed by atoms with Gasteiger partial charge in [-0.05, 0) is 37.6 Å². The lowest BCUT2D eigenvalue weighted by Gasteiger charge is -2.13. The number of hydrogen-bond acceptors (Lipinski definition) is 3. The van der Waals surface area contributed by atoms with Gasteiger partial charge in [-0.15, -0.1) is 0 Å². The first-order valence-corrected chi connectivity index (χ1v) is 7.26. The topological polar surface area (TPSA) is 81.4 Å². The van der Waals surface area contributed by atoms with Crippen LogP contribution in [-0.4, -0.2) is 19.4 Å². The predicted molar refractivity (Wildman–Crippen MR) is 97.2 cm³/mol. The molecule has 2 amide bonds. The van der Waals surface area contributed by atoms with Gasteiger partial charge in [-0.1, -0.05) is 31.4 Å². The molecule has 0 saturated carbocycles. The van der Waals surface area contributed by atoms with E-state index in [1.165, 1.54) is 6.92 Å². The minimum atomic E-state index is -0.717. The Bertz CT molecular complexity index is 692. The highest BCUT2D eigenvalue weighted by atomic mass is 19.1. The van der Waals surface area contributed by atoms with Gasteiger partial charge in [0.2, 0.25) is 12.3 Å². The number of carbonyl (C=O) groups excluding carboxylic acids is 2. The third kappa shape index (κ3) is 8.31. The quantitative estimate of drug-likeness (QED) is 0.452. The average Bonchev–Trinajstić information content (AvgIpc) is 2.58. The first-order valence-electron chi connectivity index (χ1n) is 7.26. The number of para-hydroxylation sites is 1. The van der Waals surface area contributed by atoms with Crippen molar-refractivity contribution in [2.75, 3.05) is 7.11 Å². The predicted octanol–water partition coefficient (Wildman–Crippen LogP) is 3.17. The number of benzene rings is 1. The Morgan fingerprint density at radius 2 is 1.80 bits per heavy atom. The number of nitrogens with one attached hydrogen (secondary N) is 1. The monoisotopic (exact) mass is 346 g/mol. The van der Waals surface area contributed by atoms with Crippen LogP contribution in [0.3, 0.4) is 0 Å². The van der Waals surface area contributed by atoms with Crippen molar-refractivity contribution in [1.82, 2.24) is 5.32 Å². The van der Waals surface area contributed by atoms with Crippen LogP contribution in [0.15, 0.2) is 77.8 Å². The molecule has 0 aliphatic carbocycles. The maximum atomic E-state index is 12.8. The lowest BCUT2D eigenvalue weighted by atomic mass is 10.0. The molecule has 0 saturated heterocycles. The fourth-order valence-corrected chi connectivity index (χ4v) is 1.69. The highest BCUT2D eigenvalue weighted by Crippen LogP contribution is 2.20. The second kappa shape index (κ2) is 11.4. The number of nitrogens with two attached hydrogens (primary N) is 1. The smallest absolute Gasteiger partial charge is 0.246 e. The van der Waals surface area contributed by atoms with Crippen molar-refractivity contribution in [1.29, 1.82) is 0 Å². The summed E-state index contributed by atoms with van der Waals surface area (Å²) in [5, 5.41) is 2.31. The van der Waals surface area contributed by atoms with Crippen LogP contribution in [-0.2, 0) is 9.59 Å². The Hall–Kier alpha value is -3.15. The van der Waals surface area contributed by atoms with E-state index < -0.39 is 11.7 Å². The maximum absolute atomic E-state index is 12.8. The Balaban J connectivity index is 0.000000593. The summed E-state index contributed by atoms with van der Waals surface area (Å²) in [6.07, 6.45) is 1.44. The summed E-state index contributed by atoms with van der Waals surface area (Å²) in [4.78, 5) is 21.5. The molecule has 0 aromatic heterocycles. The molecular weight excluding hydrogens is 323 g/mol. The summed E-state index contributed by atoms with van der Waals surface area (Å²) in [6, 6.07) is 9.68. The van der Waals surface area contributed by atoms with Crippen molar-refractivity contribution in [3.63, 3.8) is 0 Å². The zero-order valence-corrected chi connectivity index (χ0v) is 14.6. The van der Waals surface area contributed by atoms with Gasteiger partial charge in [-0.3, -0.25) is 9.59 Å². The fraction of sp³-hybridized carbons (Fsp3) is 0.158. The van der Waals surface area contributed by atoms with Crippen LogP contribution in [0.25, 0.3) is 0 Å². The van der Waals surface area contributed by atoms with Crippen LogP contribution in [0.1, 0.15) is 13.8 Å². The van der Waals surface area contributed by atoms with Gasteiger partial charge in [0.15, 0.2) is 0 Å². The second-order valence-corrected chi connectivity index (χ2v) is 4.93. The molecule has 1 rings (SSSR count). The van der Waals surface area contributed by atoms with Gasteiger partial charge < -0.3 is 15.8 Å². The molecule has 134 valence electrons. The molecule has 0 aliphatic rings. The molecule has 0 aliphatic heterocycles. The minimum absolute atomic E-state index is 0.104. The third-order valence-corrected chi connectivity index (χ3v) is 2.96. The van der Waals surface area contributed by atoms with Gasteiger partial charge in [0.1, 0.15) is 11.6 Å². The molecule has 0 radical (unpaired) electrons. The molecule has 3 N–H and O–H groups in total. The zero-order valence-electron chi connectivity index (χ0n) is 14.6. The number of ether oxygens (including phenoxy) is 1. The molecule has 0 heterocycles. The van der Waals surface area contributed by atoms with Gasteiger partial charge in [-0.25, -0.2) is 4.39 Å². The SMILES string of the molecule is C=C(F)/C=C(C(=C)C)/C(NC=O)=C(\C)C(N)=O.COc1ccccc1. The van der Waals surface area contributed by atoms with Crippen molar-refractivity contribution in [3.05, 3.63) is 77.8 Å². The van der Waals surface area contributed by atoms with Gasteiger partial charge in [0.05, 0.1) is 12.8 Å². The van der Waals surface area contributed by atoms with Crippen LogP contribution in [0.5, 0.6) is 5.75 Å². The van der Waals surface area contributed by atoms with Crippen LogP contribution in [0.4, 0.5) is 4.39 Å². The number of carbonyl (C=O) groups is 2. The normalized spacial score (nSPS) is 11.3. The summed E-state index contributed by atoms with van der Waals surface area (Å²) in [7, 11) is 1.66. The molecule has 0 atom stereocenters. The number of amides is 2. The Morgan fingerprint density at radius 3 is 2.12 bits per heavy atom. The molecule has 1 aromatic rings. The van der Waals surface area contributed by atoms with E-state index in [4.69, 9.17) is 10.5 Å². The van der Waals surface area contributed by atoms with Gasteiger partial charge in [0.25, 0.3) is 0 Å². The summed E-state index contributed by atoms with van der Waals surface area (Å²) in [6.45, 7) is 9.75. The number of rotatable bonds is 7. The molecular formula is C19H23FN2O3. The van der Waals surface area contributed by atoms with Crippen molar-refractivity contribution >= 4 is 12.3 Å². The summed E-state index contributed by atoms with van der Waals surface area (Å²) < 4.78 is 17.7. The zero-order chi connectivity index (χ0) is 19.4. The van der Waals surface area contributed by atoms with E-state index in [1.54, 1.807) is 14.0 Å². The highest BCUT2D eigenvalue weighted by Gasteiger charge is 2.13. The largest absolute Gasteiger partial charge is 0.497 e. The molecule has 5 nitrogen and oxygen atoms in total. The van der Waals surface area contributed by atoms with Crippen molar-refractivity contribution in [2.24, 2.45) is 5.73 Å². The van der Waals surface area contributed by atoms with Crippen molar-refractivity contribution in [3.8, 4) is 5.75 Å². The standard InChI is InChI=1S/C12H15FN2O2.C7H8O/c1-7(2)10(5-8(3)13)11(15-6-16)9(4)12(14)17;1-8-7-5-3-2-4-6-7/h5-6H,1,3H2,2,4H3,(H2,14,17)(H,15,16);2-6H,1H3/b10-5+,11-9-;. The molecule has 0 bridgehead atoms. The molecule has 1 aromatic carbocycles. The summed E-state index contributed by atoms with van der Waals surface area (Å²) in [5.41, 5.74) is 6.07. The molecule has 0 spiro atoms. The Labute approximate surface area is 147 Å². The number of methoxy groups -OCH3 is 1. The van der Waals surface area contributed by atoms with E-state index in [9.17, 15) is 14.0 Å². The van der Waals surface area contributed by atoms with Crippen LogP contribution in [0.2, 0.25) is 0 Å². The number of halogens is 1. The highest BCUT2D eigenvalue weighted by molar-refractivity contribution is 5.93. The van der Waals surface area contributed by atoms with Crippen molar-refractivity contribution in [2.45, 2.75) is 13.8 Å². The molecule has 6 heteroatoms. The van der Waals surface area contributed by atoms with Gasteiger partial charge >= 0.3 is 0 Å². The van der Waals surface area contributed by atoms with E-state index in [0.717, 1.165) is 11.8 Å². The maximum Gasteiger partial charge on any atom is 0.246 e. The molecule has 0 fully saturated rings. The van der Waals surface area contributed by atoms with E-state index in [2.05, 4.69) is 18.5 Å². The Morgan fingerprint density at radius 1 is 1.24 bits per heavy atom. The fourth-order valence-electron chi connectivity index (χ4n) is 1.69. The van der Waals surface area contributed by atoms with Crippen molar-refractivity contribution < 1.29 is 18.7 Å². The van der Waals surface area contributed by atoms with Gasteiger partial charge in [0, 0.05) is 11.1 Å². The van der Waals surface area contributed by atoms with Crippen LogP contribution >= 0.6 is 0 Å². The van der Waals surface area contributed by atoms with E-state index in [1.807, 2.05) is 30.3 Å². The first-order chi connectivity index (χ1) is 11.7. The van der Waals surface area contributed by atoms with Crippen LogP contribution in [0, 0.1) is 0 Å². The first kappa shape index (κ1) is 21.9. The van der Waals surface area contributed by atoms with E-state index in [0.29, 0.717) is 12.0 Å². The minimum Gasteiger partial charge on any atom is -0.497 e. The summed E-state index contributed by atoms with van der Waals surface area (Å²) >= 11 is 0. The number of primary amides is 1. The van der Waals surface area contributed by atoms with Gasteiger partial charge in [-0.2, -0.15) is 0 Å². The Kier molecular flexibility index (Phi) is 9.96. The lowest BCUT2D eigenvalue weighted by Crippen LogP contribution is -2.22. The second-order valence-electron chi connectivity index (χ2n) is 4.93. The summed E-state index contributed by atoms with van der Waals surface area (Å²) in [5.74, 6) is -0.524. The van der Waals surface area contributed by atoms with Crippen LogP contribution < -0.4 is 15.8 Å². The lowest BCUT2D eigenvalue weighted by molar-refractivity contribution is -0.114. The number of hydrogen-bond donors (Lipinski definition) is 2.